The van der Waals surface area contributed by atoms with Crippen LogP contribution >= 0.6 is 0 Å². The lowest BCUT2D eigenvalue weighted by atomic mass is 9.91. The predicted octanol–water partition coefficient (Wildman–Crippen LogP) is 6.92. The van der Waals surface area contributed by atoms with Crippen LogP contribution in [0, 0.1) is 11.8 Å². The molecule has 6 heteroatoms. The molecule has 1 fully saturated rings. The highest BCUT2D eigenvalue weighted by Crippen LogP contribution is 2.26. The number of carbonyl (C=O) groups is 2. The minimum atomic E-state index is -0.310. The summed E-state index contributed by atoms with van der Waals surface area (Å²) in [7, 11) is 0. The molecular formula is C29H50O6. The summed E-state index contributed by atoms with van der Waals surface area (Å²) in [5, 5.41) is 0. The van der Waals surface area contributed by atoms with Crippen molar-refractivity contribution in [3.05, 3.63) is 23.3 Å². The molecule has 0 aliphatic carbocycles. The van der Waals surface area contributed by atoms with E-state index in [1.54, 1.807) is 0 Å². The molecule has 0 saturated carbocycles. The highest BCUT2D eigenvalue weighted by atomic mass is 16.7. The first-order chi connectivity index (χ1) is 16.7. The molecule has 0 aromatic carbocycles. The van der Waals surface area contributed by atoms with Gasteiger partial charge in [-0.05, 0) is 82.3 Å². The maximum absolute atomic E-state index is 11.2. The Morgan fingerprint density at radius 2 is 1.66 bits per heavy atom. The minimum absolute atomic E-state index is 0.0456. The molecule has 0 N–H and O–H groups in total. The highest BCUT2D eigenvalue weighted by Gasteiger charge is 2.23. The second-order valence-electron chi connectivity index (χ2n) is 10.3. The number of esters is 2. The average molecular weight is 495 g/mol. The Labute approximate surface area is 213 Å². The van der Waals surface area contributed by atoms with E-state index in [0.29, 0.717) is 11.8 Å². The molecule has 1 rings (SSSR count). The highest BCUT2D eigenvalue weighted by molar-refractivity contribution is 5.66. The number of hydrogen-bond acceptors (Lipinski definition) is 6. The largest absolute Gasteiger partial charge is 0.462 e. The molecule has 1 saturated heterocycles. The summed E-state index contributed by atoms with van der Waals surface area (Å²) in [6, 6.07) is 0. The fourth-order valence-electron chi connectivity index (χ4n) is 4.29. The molecule has 0 aromatic rings. The summed E-state index contributed by atoms with van der Waals surface area (Å²) in [6.45, 7) is 13.0. The van der Waals surface area contributed by atoms with Crippen LogP contribution in [0.2, 0.25) is 0 Å². The van der Waals surface area contributed by atoms with Crippen LogP contribution in [-0.2, 0) is 28.5 Å². The lowest BCUT2D eigenvalue weighted by Crippen LogP contribution is -2.31. The van der Waals surface area contributed by atoms with E-state index in [0.717, 1.165) is 57.1 Å². The fourth-order valence-corrected chi connectivity index (χ4v) is 4.29. The molecule has 4 unspecified atom stereocenters. The maximum atomic E-state index is 11.2. The number of ether oxygens (including phenoxy) is 4. The van der Waals surface area contributed by atoms with Crippen LogP contribution in [-0.4, -0.2) is 44.2 Å². The van der Waals surface area contributed by atoms with E-state index < -0.39 is 0 Å². The van der Waals surface area contributed by atoms with Crippen LogP contribution in [0.15, 0.2) is 23.3 Å². The summed E-state index contributed by atoms with van der Waals surface area (Å²) in [5.74, 6) is 0.510. The van der Waals surface area contributed by atoms with Gasteiger partial charge in [-0.15, -0.1) is 0 Å². The van der Waals surface area contributed by atoms with Crippen molar-refractivity contribution in [3.8, 4) is 0 Å². The molecular weight excluding hydrogens is 444 g/mol. The Kier molecular flexibility index (Phi) is 16.7. The van der Waals surface area contributed by atoms with Crippen LogP contribution in [0.5, 0.6) is 0 Å². The molecule has 0 bridgehead atoms. The van der Waals surface area contributed by atoms with Crippen molar-refractivity contribution >= 4 is 11.9 Å². The second-order valence-corrected chi connectivity index (χ2v) is 10.3. The molecule has 4 atom stereocenters. The van der Waals surface area contributed by atoms with Gasteiger partial charge in [-0.2, -0.15) is 0 Å². The number of hydrogen-bond donors (Lipinski definition) is 0. The van der Waals surface area contributed by atoms with Gasteiger partial charge in [-0.25, -0.2) is 0 Å². The molecule has 1 heterocycles. The molecule has 1 aliphatic rings. The van der Waals surface area contributed by atoms with Crippen LogP contribution in [0.4, 0.5) is 0 Å². The topological polar surface area (TPSA) is 71.1 Å². The van der Waals surface area contributed by atoms with E-state index in [-0.39, 0.29) is 37.5 Å². The van der Waals surface area contributed by atoms with E-state index >= 15 is 0 Å². The Hall–Kier alpha value is -1.66. The van der Waals surface area contributed by atoms with E-state index in [1.165, 1.54) is 38.7 Å². The molecule has 6 nitrogen and oxygen atoms in total. The summed E-state index contributed by atoms with van der Waals surface area (Å²) < 4.78 is 22.4. The van der Waals surface area contributed by atoms with Crippen molar-refractivity contribution in [1.82, 2.24) is 0 Å². The zero-order valence-electron chi connectivity index (χ0n) is 23.1. The fraction of sp³-hybridized carbons (Fsp3) is 0.793. The van der Waals surface area contributed by atoms with Gasteiger partial charge in [0.15, 0.2) is 6.29 Å². The molecule has 0 radical (unpaired) electrons. The SMILES string of the molecule is CC(=O)OCC=C(CCCC(C)CCCC(C)C(CC=C(C)C)OC1CCCCO1)COC(C)=O. The molecule has 0 spiro atoms. The van der Waals surface area contributed by atoms with E-state index in [1.807, 2.05) is 6.08 Å². The Morgan fingerprint density at radius 1 is 0.943 bits per heavy atom. The van der Waals surface area contributed by atoms with Crippen molar-refractivity contribution in [2.45, 2.75) is 118 Å². The molecule has 1 aliphatic heterocycles. The standard InChI is InChI=1S/C29H50O6/c1-22(2)16-17-28(35-29-15-7-8-19-33-29)24(4)13-9-11-23(3)12-10-14-27(21-34-26(6)31)18-20-32-25(5)30/h16,18,23-24,28-29H,7-15,17,19-21H2,1-6H3. The zero-order chi connectivity index (χ0) is 26.1. The number of allylic oxidation sites excluding steroid dienone is 1. The normalized spacial score (nSPS) is 18.9. The van der Waals surface area contributed by atoms with Crippen molar-refractivity contribution in [3.63, 3.8) is 0 Å². The van der Waals surface area contributed by atoms with Crippen molar-refractivity contribution in [2.24, 2.45) is 11.8 Å². The van der Waals surface area contributed by atoms with Crippen molar-refractivity contribution in [1.29, 1.82) is 0 Å². The van der Waals surface area contributed by atoms with Gasteiger partial charge < -0.3 is 18.9 Å². The lowest BCUT2D eigenvalue weighted by Gasteiger charge is -2.31. The quantitative estimate of drug-likeness (QED) is 0.161. The summed E-state index contributed by atoms with van der Waals surface area (Å²) in [4.78, 5) is 22.2. The van der Waals surface area contributed by atoms with Crippen LogP contribution in [0.3, 0.4) is 0 Å². The second kappa shape index (κ2) is 18.6. The first-order valence-electron chi connectivity index (χ1n) is 13.5. The Bertz CT molecular complexity index is 658. The summed E-state index contributed by atoms with van der Waals surface area (Å²) in [5.41, 5.74) is 2.34. The number of carbonyl (C=O) groups excluding carboxylic acids is 2. The van der Waals surface area contributed by atoms with Crippen molar-refractivity contribution < 1.29 is 28.5 Å². The van der Waals surface area contributed by atoms with E-state index in [9.17, 15) is 9.59 Å². The van der Waals surface area contributed by atoms with E-state index in [2.05, 4.69) is 33.8 Å². The van der Waals surface area contributed by atoms with Gasteiger partial charge in [-0.1, -0.05) is 44.8 Å². The molecule has 202 valence electrons. The number of rotatable bonds is 17. The Balaban J connectivity index is 2.41. The average Bonchev–Trinajstić information content (AvgIpc) is 2.80. The van der Waals surface area contributed by atoms with Gasteiger partial charge in [0.1, 0.15) is 13.2 Å². The van der Waals surface area contributed by atoms with Crippen molar-refractivity contribution in [2.75, 3.05) is 19.8 Å². The smallest absolute Gasteiger partial charge is 0.302 e. The van der Waals surface area contributed by atoms with Gasteiger partial charge in [-0.3, -0.25) is 9.59 Å². The third-order valence-electron chi connectivity index (χ3n) is 6.53. The first-order valence-corrected chi connectivity index (χ1v) is 13.5. The van der Waals surface area contributed by atoms with Gasteiger partial charge in [0, 0.05) is 20.5 Å². The zero-order valence-corrected chi connectivity index (χ0v) is 23.1. The van der Waals surface area contributed by atoms with Gasteiger partial charge >= 0.3 is 11.9 Å². The third-order valence-corrected chi connectivity index (χ3v) is 6.53. The minimum Gasteiger partial charge on any atom is -0.462 e. The first kappa shape index (κ1) is 31.4. The van der Waals surface area contributed by atoms with Gasteiger partial charge in [0.25, 0.3) is 0 Å². The maximum Gasteiger partial charge on any atom is 0.302 e. The Morgan fingerprint density at radius 3 is 2.29 bits per heavy atom. The van der Waals surface area contributed by atoms with Crippen LogP contribution in [0.1, 0.15) is 106 Å². The van der Waals surface area contributed by atoms with E-state index in [4.69, 9.17) is 18.9 Å². The molecule has 35 heavy (non-hydrogen) atoms. The monoisotopic (exact) mass is 494 g/mol. The van der Waals surface area contributed by atoms with Crippen LogP contribution in [0.25, 0.3) is 0 Å². The third kappa shape index (κ3) is 16.6. The summed E-state index contributed by atoms with van der Waals surface area (Å²) >= 11 is 0. The summed E-state index contributed by atoms with van der Waals surface area (Å²) in [6.07, 6.45) is 15.1. The predicted molar refractivity (Wildman–Crippen MR) is 140 cm³/mol. The van der Waals surface area contributed by atoms with Crippen LogP contribution < -0.4 is 0 Å². The molecule has 0 amide bonds. The van der Waals surface area contributed by atoms with Gasteiger partial charge in [0.2, 0.25) is 0 Å². The lowest BCUT2D eigenvalue weighted by molar-refractivity contribution is -0.197. The molecule has 0 aromatic heterocycles. The van der Waals surface area contributed by atoms with Gasteiger partial charge in [0.05, 0.1) is 6.10 Å².